The normalized spacial score (nSPS) is 12.7. The van der Waals surface area contributed by atoms with E-state index in [9.17, 15) is 26.4 Å². The molecule has 0 atom stereocenters. The van der Waals surface area contributed by atoms with Crippen molar-refractivity contribution < 1.29 is 26.4 Å². The number of nitrogens with zero attached hydrogens (tertiary/aromatic N) is 6. The average molecular weight is 453 g/mol. The lowest BCUT2D eigenvalue weighted by Gasteiger charge is -2.05. The minimum Gasteiger partial charge on any atom is -0.364 e. The maximum absolute atomic E-state index is 13.1. The molecule has 4 rings (SSSR count). The maximum atomic E-state index is 13.1. The van der Waals surface area contributed by atoms with E-state index in [1.807, 2.05) is 0 Å². The summed E-state index contributed by atoms with van der Waals surface area (Å²) in [6.45, 7) is 1.40. The monoisotopic (exact) mass is 453 g/mol. The number of aryl methyl sites for hydroxylation is 1. The van der Waals surface area contributed by atoms with E-state index in [1.165, 1.54) is 30.8 Å². The van der Waals surface area contributed by atoms with Crippen molar-refractivity contribution in [2.45, 2.75) is 18.1 Å². The van der Waals surface area contributed by atoms with Crippen molar-refractivity contribution in [1.82, 2.24) is 29.1 Å². The van der Waals surface area contributed by atoms with Gasteiger partial charge in [-0.1, -0.05) is 6.92 Å². The second kappa shape index (κ2) is 6.73. The number of aromatic nitrogens is 6. The molecule has 0 aromatic carbocycles. The number of carbonyl (C=O) groups is 1. The molecule has 0 radical (unpaired) electrons. The molecule has 0 bridgehead atoms. The summed E-state index contributed by atoms with van der Waals surface area (Å²) in [5.74, 6) is -1.22. The van der Waals surface area contributed by atoms with Crippen LogP contribution in [0.1, 0.15) is 23.0 Å². The van der Waals surface area contributed by atoms with Crippen LogP contribution >= 0.6 is 0 Å². The van der Waals surface area contributed by atoms with E-state index >= 15 is 0 Å². The van der Waals surface area contributed by atoms with Crippen LogP contribution in [0.3, 0.4) is 0 Å². The Hall–Kier alpha value is -3.55. The van der Waals surface area contributed by atoms with Crippen LogP contribution in [-0.4, -0.2) is 49.2 Å². The third-order valence-corrected chi connectivity index (χ3v) is 6.31. The number of carbonyl (C=O) groups excluding carboxylic acids is 1. The molecule has 2 N–H and O–H groups in total. The summed E-state index contributed by atoms with van der Waals surface area (Å²) in [6.07, 6.45) is -2.72. The second-order valence-corrected chi connectivity index (χ2v) is 8.77. The molecule has 0 aliphatic carbocycles. The van der Waals surface area contributed by atoms with Crippen LogP contribution in [0, 0.1) is 0 Å². The van der Waals surface area contributed by atoms with E-state index in [0.29, 0.717) is 6.20 Å². The molecule has 0 aliphatic rings. The van der Waals surface area contributed by atoms with Crippen LogP contribution in [-0.2, 0) is 23.1 Å². The Morgan fingerprint density at radius 3 is 2.55 bits per heavy atom. The van der Waals surface area contributed by atoms with E-state index in [4.69, 9.17) is 5.73 Å². The topological polar surface area (TPSA) is 138 Å². The minimum absolute atomic E-state index is 0.0297. The predicted octanol–water partition coefficient (Wildman–Crippen LogP) is 1.59. The van der Waals surface area contributed by atoms with Crippen LogP contribution in [0.4, 0.5) is 13.2 Å². The molecule has 4 heterocycles. The molecule has 31 heavy (non-hydrogen) atoms. The molecule has 0 fully saturated rings. The number of alkyl halides is 3. The lowest BCUT2D eigenvalue weighted by molar-refractivity contribution is -0.137. The largest absolute Gasteiger partial charge is 0.417 e. The molecule has 1 amide bonds. The average Bonchev–Trinajstić information content (AvgIpc) is 3.25. The van der Waals surface area contributed by atoms with Crippen LogP contribution in [0.25, 0.3) is 28.2 Å². The van der Waals surface area contributed by atoms with Gasteiger partial charge in [-0.3, -0.25) is 4.79 Å². The molecule has 4 aromatic rings. The number of rotatable bonds is 4. The molecule has 0 saturated carbocycles. The first-order valence-electron chi connectivity index (χ1n) is 8.76. The fourth-order valence-corrected chi connectivity index (χ4v) is 4.09. The zero-order valence-electron chi connectivity index (χ0n) is 16.0. The first-order valence-corrected chi connectivity index (χ1v) is 10.4. The van der Waals surface area contributed by atoms with Gasteiger partial charge in [0.05, 0.1) is 11.3 Å². The Morgan fingerprint density at radius 1 is 1.23 bits per heavy atom. The highest BCUT2D eigenvalue weighted by atomic mass is 32.2. The van der Waals surface area contributed by atoms with Crippen LogP contribution in [0.2, 0.25) is 0 Å². The predicted molar refractivity (Wildman–Crippen MR) is 102 cm³/mol. The van der Waals surface area contributed by atoms with Gasteiger partial charge in [0.2, 0.25) is 0 Å². The molecule has 0 saturated heterocycles. The van der Waals surface area contributed by atoms with Crippen LogP contribution < -0.4 is 5.73 Å². The van der Waals surface area contributed by atoms with Gasteiger partial charge in [-0.25, -0.2) is 27.9 Å². The zero-order chi connectivity index (χ0) is 22.7. The number of pyridine rings is 1. The summed E-state index contributed by atoms with van der Waals surface area (Å²) in [5, 5.41) is 3.61. The molecule has 0 unspecified atom stereocenters. The Morgan fingerprint density at radius 2 is 1.94 bits per heavy atom. The summed E-state index contributed by atoms with van der Waals surface area (Å²) in [4.78, 5) is 23.9. The first kappa shape index (κ1) is 20.7. The molecule has 4 aromatic heterocycles. The summed E-state index contributed by atoms with van der Waals surface area (Å²) < 4.78 is 67.0. The van der Waals surface area contributed by atoms with Gasteiger partial charge < -0.3 is 10.3 Å². The first-order chi connectivity index (χ1) is 14.5. The smallest absolute Gasteiger partial charge is 0.364 e. The van der Waals surface area contributed by atoms with E-state index < -0.39 is 32.5 Å². The highest BCUT2D eigenvalue weighted by Gasteiger charge is 2.33. The van der Waals surface area contributed by atoms with Crippen molar-refractivity contribution in [3.05, 3.63) is 35.8 Å². The summed E-state index contributed by atoms with van der Waals surface area (Å²) in [6, 6.07) is 2.08. The quantitative estimate of drug-likeness (QED) is 0.495. The van der Waals surface area contributed by atoms with E-state index in [0.717, 1.165) is 10.6 Å². The van der Waals surface area contributed by atoms with Crippen molar-refractivity contribution >= 4 is 32.6 Å². The molecular weight excluding hydrogens is 439 g/mol. The summed E-state index contributed by atoms with van der Waals surface area (Å²) >= 11 is 0. The fourth-order valence-electron chi connectivity index (χ4n) is 3.12. The van der Waals surface area contributed by atoms with Crippen molar-refractivity contribution in [3.63, 3.8) is 0 Å². The van der Waals surface area contributed by atoms with Crippen LogP contribution in [0.5, 0.6) is 0 Å². The van der Waals surface area contributed by atoms with Crippen molar-refractivity contribution in [2.75, 3.05) is 5.75 Å². The van der Waals surface area contributed by atoms with Gasteiger partial charge in [-0.15, -0.1) is 0 Å². The fraction of sp³-hybridized carbons (Fsp3) is 0.235. The maximum Gasteiger partial charge on any atom is 0.417 e. The summed E-state index contributed by atoms with van der Waals surface area (Å²) in [7, 11) is -2.48. The highest BCUT2D eigenvalue weighted by molar-refractivity contribution is 7.91. The third-order valence-electron chi connectivity index (χ3n) is 4.67. The number of halogens is 3. The lowest BCUT2D eigenvalue weighted by atomic mass is 10.2. The molecule has 0 aliphatic heterocycles. The third kappa shape index (κ3) is 3.19. The van der Waals surface area contributed by atoms with Gasteiger partial charge in [-0.05, 0) is 12.1 Å². The number of sulfone groups is 1. The zero-order valence-corrected chi connectivity index (χ0v) is 16.9. The van der Waals surface area contributed by atoms with Gasteiger partial charge in [0.15, 0.2) is 26.2 Å². The van der Waals surface area contributed by atoms with Gasteiger partial charge in [0.25, 0.3) is 5.91 Å². The van der Waals surface area contributed by atoms with Gasteiger partial charge in [-0.2, -0.15) is 18.3 Å². The number of primary amides is 1. The Kier molecular flexibility index (Phi) is 4.50. The van der Waals surface area contributed by atoms with Gasteiger partial charge in [0.1, 0.15) is 22.6 Å². The minimum atomic E-state index is -4.63. The second-order valence-electron chi connectivity index (χ2n) is 6.57. The van der Waals surface area contributed by atoms with Crippen LogP contribution in [0.15, 0.2) is 29.6 Å². The number of nitrogens with two attached hydrogens (primary N) is 1. The highest BCUT2D eigenvalue weighted by Crippen LogP contribution is 2.34. The number of hydrogen-bond donors (Lipinski definition) is 1. The number of hydrogen-bond acceptors (Lipinski definition) is 7. The van der Waals surface area contributed by atoms with E-state index in [1.54, 1.807) is 0 Å². The number of fused-ring (bicyclic) bond motifs is 2. The molecule has 14 heteroatoms. The molecule has 0 spiro atoms. The van der Waals surface area contributed by atoms with Gasteiger partial charge in [0, 0.05) is 19.4 Å². The van der Waals surface area contributed by atoms with Gasteiger partial charge >= 0.3 is 6.18 Å². The Bertz CT molecular complexity index is 1470. The lowest BCUT2D eigenvalue weighted by Crippen LogP contribution is -2.16. The molecule has 162 valence electrons. The number of amides is 1. The summed E-state index contributed by atoms with van der Waals surface area (Å²) in [5.41, 5.74) is 4.11. The van der Waals surface area contributed by atoms with Crippen molar-refractivity contribution in [1.29, 1.82) is 0 Å². The SMILES string of the molecule is CCS(=O)(=O)c1nn2c(C(N)=O)ccnc2c1-c1nc2cc(C(F)(F)F)cnc2n1C. The molecule has 10 nitrogen and oxygen atoms in total. The Labute approximate surface area is 172 Å². The van der Waals surface area contributed by atoms with E-state index in [2.05, 4.69) is 20.1 Å². The van der Waals surface area contributed by atoms with Crippen molar-refractivity contribution in [3.8, 4) is 11.4 Å². The Balaban J connectivity index is 2.11. The standard InChI is InChI=1S/C17H14F3N7O3S/c1-3-31(29,30)16-11(14-22-5-4-10(12(21)28)27(14)25-16)15-24-9-6-8(17(18,19)20)7-23-13(9)26(15)2/h4-7H,3H2,1-2H3,(H2,21,28). The molecular formula is C17H14F3N7O3S. The number of imidazole rings is 1. The van der Waals surface area contributed by atoms with E-state index in [-0.39, 0.29) is 39.6 Å². The van der Waals surface area contributed by atoms with Crippen molar-refractivity contribution in [2.24, 2.45) is 12.8 Å².